The number of nitrogens with two attached hydrogens (primary N) is 1. The van der Waals surface area contributed by atoms with Gasteiger partial charge in [0.15, 0.2) is 5.78 Å². The molecule has 49 heavy (non-hydrogen) atoms. The molecule has 6 N–H and O–H groups in total. The third-order valence-corrected chi connectivity index (χ3v) is 10.8. The molecule has 4 atom stereocenters. The van der Waals surface area contributed by atoms with Gasteiger partial charge in [0.05, 0.1) is 12.6 Å². The first-order valence-electron chi connectivity index (χ1n) is 16.7. The second-order valence-electron chi connectivity index (χ2n) is 14.0. The Labute approximate surface area is 292 Å². The zero-order valence-electron chi connectivity index (χ0n) is 29.1. The van der Waals surface area contributed by atoms with Gasteiger partial charge in [-0.15, -0.1) is 0 Å². The normalized spacial score (nSPS) is 21.2. The number of fused-ring (bicyclic) bond motifs is 1. The van der Waals surface area contributed by atoms with E-state index in [2.05, 4.69) is 16.0 Å². The van der Waals surface area contributed by atoms with Gasteiger partial charge in [-0.3, -0.25) is 28.8 Å². The number of ketones is 3. The van der Waals surface area contributed by atoms with E-state index >= 15 is 0 Å². The molecule has 0 radical (unpaired) electrons. The minimum atomic E-state index is -1.44. The molecular weight excluding hydrogens is 644 g/mol. The van der Waals surface area contributed by atoms with Gasteiger partial charge in [-0.05, 0) is 80.7 Å². The van der Waals surface area contributed by atoms with E-state index in [1.165, 1.54) is 18.7 Å². The summed E-state index contributed by atoms with van der Waals surface area (Å²) in [5.74, 6) is -2.88. The highest BCUT2D eigenvalue weighted by molar-refractivity contribution is 7.99. The molecule has 3 aliphatic rings. The first-order valence-corrected chi connectivity index (χ1v) is 17.9. The monoisotopic (exact) mass is 692 g/mol. The lowest BCUT2D eigenvalue weighted by Gasteiger charge is -2.39. The van der Waals surface area contributed by atoms with Crippen LogP contribution >= 0.6 is 11.8 Å². The maximum absolute atomic E-state index is 13.5. The van der Waals surface area contributed by atoms with Crippen LogP contribution in [0.15, 0.2) is 64.3 Å². The van der Waals surface area contributed by atoms with Gasteiger partial charge in [-0.1, -0.05) is 49.8 Å². The Kier molecular flexibility index (Phi) is 11.9. The molecule has 0 unspecified atom stereocenters. The van der Waals surface area contributed by atoms with Crippen LogP contribution in [-0.2, 0) is 35.2 Å². The molecule has 0 heterocycles. The molecule has 1 spiro atoms. The van der Waals surface area contributed by atoms with E-state index in [4.69, 9.17) is 5.73 Å². The number of thioether (sulfide) groups is 1. The highest BCUT2D eigenvalue weighted by Crippen LogP contribution is 2.65. The minimum Gasteiger partial charge on any atom is -0.381 e. The quantitative estimate of drug-likeness (QED) is 0.162. The number of nitrogens with one attached hydrogen (secondary N) is 3. The largest absolute Gasteiger partial charge is 0.381 e. The lowest BCUT2D eigenvalue weighted by molar-refractivity contribution is -0.138. The van der Waals surface area contributed by atoms with E-state index in [0.29, 0.717) is 11.3 Å². The summed E-state index contributed by atoms with van der Waals surface area (Å²) in [6, 6.07) is 6.00. The number of benzene rings is 1. The van der Waals surface area contributed by atoms with Crippen molar-refractivity contribution in [1.82, 2.24) is 16.0 Å². The van der Waals surface area contributed by atoms with Gasteiger partial charge in [0, 0.05) is 29.4 Å². The SMILES string of the molecule is CC(=O)N[C@@H](CSCC1=C(C)C=C2C(=O)[C@](C)(O)C3(CC3)C(C)=C21)C(=O)N[C@@H](CC(C)C)C(=O)NCC(=O)C(=O)[C@@H](N)Cc1ccccc1. The first-order chi connectivity index (χ1) is 23.0. The topological polar surface area (TPSA) is 185 Å². The fraction of sp³-hybridized carbons (Fsp3) is 0.514. The molecule has 1 aromatic carbocycles. The van der Waals surface area contributed by atoms with Gasteiger partial charge in [-0.25, -0.2) is 0 Å². The van der Waals surface area contributed by atoms with Crippen molar-refractivity contribution in [2.45, 2.75) is 91.0 Å². The van der Waals surface area contributed by atoms with Gasteiger partial charge in [0.25, 0.3) is 0 Å². The van der Waals surface area contributed by atoms with Crippen molar-refractivity contribution >= 4 is 46.8 Å². The van der Waals surface area contributed by atoms with E-state index in [0.717, 1.165) is 40.7 Å². The van der Waals surface area contributed by atoms with E-state index < -0.39 is 65.0 Å². The molecule has 3 amide bonds. The van der Waals surface area contributed by atoms with Gasteiger partial charge in [-0.2, -0.15) is 11.8 Å². The van der Waals surface area contributed by atoms with Crippen molar-refractivity contribution in [1.29, 1.82) is 0 Å². The van der Waals surface area contributed by atoms with Crippen LogP contribution in [0, 0.1) is 11.3 Å². The molecule has 264 valence electrons. The zero-order chi connectivity index (χ0) is 36.3. The van der Waals surface area contributed by atoms with E-state index in [-0.39, 0.29) is 30.3 Å². The van der Waals surface area contributed by atoms with Crippen LogP contribution in [0.4, 0.5) is 0 Å². The molecule has 11 nitrogen and oxygen atoms in total. The minimum absolute atomic E-state index is 0.00880. The summed E-state index contributed by atoms with van der Waals surface area (Å²) in [7, 11) is 0. The molecule has 4 rings (SSSR count). The highest BCUT2D eigenvalue weighted by Gasteiger charge is 2.65. The number of aliphatic hydroxyl groups is 1. The highest BCUT2D eigenvalue weighted by atomic mass is 32.2. The van der Waals surface area contributed by atoms with Crippen molar-refractivity contribution in [3.05, 3.63) is 69.8 Å². The van der Waals surface area contributed by atoms with Gasteiger partial charge in [0.1, 0.15) is 17.7 Å². The van der Waals surface area contributed by atoms with Gasteiger partial charge in [0.2, 0.25) is 29.3 Å². The Morgan fingerprint density at radius 1 is 1.00 bits per heavy atom. The summed E-state index contributed by atoms with van der Waals surface area (Å²) in [5.41, 5.74) is 9.07. The summed E-state index contributed by atoms with van der Waals surface area (Å²) in [6.45, 7) is 10.0. The third kappa shape index (κ3) is 8.30. The summed E-state index contributed by atoms with van der Waals surface area (Å²) >= 11 is 1.41. The summed E-state index contributed by atoms with van der Waals surface area (Å²) in [5, 5.41) is 19.0. The van der Waals surface area contributed by atoms with Crippen molar-refractivity contribution < 1.29 is 33.9 Å². The first kappa shape index (κ1) is 37.9. The van der Waals surface area contributed by atoms with Crippen molar-refractivity contribution in [2.75, 3.05) is 18.1 Å². The fourth-order valence-corrected chi connectivity index (χ4v) is 7.99. The van der Waals surface area contributed by atoms with Crippen LogP contribution in [0.25, 0.3) is 0 Å². The third-order valence-electron chi connectivity index (χ3n) is 9.77. The predicted octanol–water partition coefficient (Wildman–Crippen LogP) is 2.27. The molecular formula is C37H48N4O7S. The van der Waals surface area contributed by atoms with Crippen molar-refractivity contribution in [3.8, 4) is 0 Å². The molecule has 12 heteroatoms. The second-order valence-corrected chi connectivity index (χ2v) is 15.0. The number of rotatable bonds is 16. The number of Topliss-reactive ketones (excluding diaryl/α,β-unsaturated/α-hetero) is 3. The van der Waals surface area contributed by atoms with Crippen LogP contribution in [0.2, 0.25) is 0 Å². The average molecular weight is 693 g/mol. The number of hydrogen-bond acceptors (Lipinski definition) is 9. The van der Waals surface area contributed by atoms with Crippen molar-refractivity contribution in [2.24, 2.45) is 17.1 Å². The summed E-state index contributed by atoms with van der Waals surface area (Å²) in [6.07, 6.45) is 3.75. The lowest BCUT2D eigenvalue weighted by atomic mass is 9.67. The van der Waals surface area contributed by atoms with Crippen LogP contribution in [0.3, 0.4) is 0 Å². The summed E-state index contributed by atoms with van der Waals surface area (Å²) in [4.78, 5) is 77.3. The maximum atomic E-state index is 13.5. The Balaban J connectivity index is 1.37. The van der Waals surface area contributed by atoms with Crippen LogP contribution < -0.4 is 21.7 Å². The molecule has 0 aromatic heterocycles. The smallest absolute Gasteiger partial charge is 0.244 e. The number of amides is 3. The Hall–Kier alpha value is -3.87. The molecule has 0 saturated heterocycles. The zero-order valence-corrected chi connectivity index (χ0v) is 29.9. The Morgan fingerprint density at radius 3 is 2.24 bits per heavy atom. The molecule has 3 aliphatic carbocycles. The van der Waals surface area contributed by atoms with Crippen LogP contribution in [0.1, 0.15) is 66.4 Å². The predicted molar refractivity (Wildman–Crippen MR) is 188 cm³/mol. The molecule has 1 fully saturated rings. The molecule has 0 aliphatic heterocycles. The number of allylic oxidation sites excluding steroid dienone is 3. The van der Waals surface area contributed by atoms with E-state index in [1.54, 1.807) is 19.1 Å². The second kappa shape index (κ2) is 15.3. The molecule has 0 bridgehead atoms. The Bertz CT molecular complexity index is 1620. The van der Waals surface area contributed by atoms with Gasteiger partial charge < -0.3 is 26.8 Å². The average Bonchev–Trinajstić information content (AvgIpc) is 3.80. The van der Waals surface area contributed by atoms with Crippen LogP contribution in [-0.4, -0.2) is 82.0 Å². The Morgan fingerprint density at radius 2 is 1.65 bits per heavy atom. The number of carbonyl (C=O) groups excluding carboxylic acids is 6. The number of carbonyl (C=O) groups is 6. The molecule has 1 aromatic rings. The standard InChI is InChI=1S/C37H48N4O7S/c1-20(2)14-28(34(46)39-17-30(43)32(44)27(38)16-24-10-8-7-9-11-24)41-35(47)29(40-23(5)42)19-49-18-26-21(3)15-25-31(26)22(4)37(12-13-37)36(6,48)33(25)45/h7-11,15,20,27-29,48H,12-14,16-19,38H2,1-6H3,(H,39,46)(H,40,42)(H,41,47)/t27-,28-,29-,36-/m0/s1. The fourth-order valence-electron chi connectivity index (χ4n) is 6.83. The van der Waals surface area contributed by atoms with E-state index in [1.807, 2.05) is 52.0 Å². The lowest BCUT2D eigenvalue weighted by Crippen LogP contribution is -2.55. The van der Waals surface area contributed by atoms with Crippen molar-refractivity contribution in [3.63, 3.8) is 0 Å². The summed E-state index contributed by atoms with van der Waals surface area (Å²) < 4.78 is 0. The maximum Gasteiger partial charge on any atom is 0.244 e. The molecule has 1 saturated carbocycles. The van der Waals surface area contributed by atoms with E-state index in [9.17, 15) is 33.9 Å². The number of hydrogen-bond donors (Lipinski definition) is 5. The van der Waals surface area contributed by atoms with Gasteiger partial charge >= 0.3 is 0 Å². The van der Waals surface area contributed by atoms with Crippen LogP contribution in [0.5, 0.6) is 0 Å².